The summed E-state index contributed by atoms with van der Waals surface area (Å²) in [5.41, 5.74) is 0.128. The van der Waals surface area contributed by atoms with Gasteiger partial charge < -0.3 is 10.6 Å². The van der Waals surface area contributed by atoms with Crippen molar-refractivity contribution >= 4 is 40.0 Å². The van der Waals surface area contributed by atoms with Crippen LogP contribution in [0.3, 0.4) is 0 Å². The molecular weight excluding hydrogens is 370 g/mol. The fourth-order valence-corrected chi connectivity index (χ4v) is 5.29. The summed E-state index contributed by atoms with van der Waals surface area (Å²) < 4.78 is 0. The molecule has 1 aliphatic heterocycles. The molecule has 0 spiro atoms. The fourth-order valence-electron chi connectivity index (χ4n) is 3.78. The molecule has 0 aromatic carbocycles. The van der Waals surface area contributed by atoms with Gasteiger partial charge >= 0.3 is 0 Å². The zero-order valence-corrected chi connectivity index (χ0v) is 16.9. The molecule has 7 nitrogen and oxygen atoms in total. The maximum absolute atomic E-state index is 12.2. The van der Waals surface area contributed by atoms with E-state index in [1.165, 1.54) is 35.7 Å². The van der Waals surface area contributed by atoms with Gasteiger partial charge in [0.2, 0.25) is 16.9 Å². The molecule has 9 heteroatoms. The van der Waals surface area contributed by atoms with Gasteiger partial charge in [-0.05, 0) is 19.8 Å². The van der Waals surface area contributed by atoms with Gasteiger partial charge in [-0.1, -0.05) is 24.2 Å². The van der Waals surface area contributed by atoms with E-state index in [0.29, 0.717) is 11.7 Å². The average molecular weight is 398 g/mol. The Kier molecular flexibility index (Phi) is 6.88. The predicted molar refractivity (Wildman–Crippen MR) is 106 cm³/mol. The van der Waals surface area contributed by atoms with Crippen LogP contribution in [0.4, 0.5) is 5.13 Å². The van der Waals surface area contributed by atoms with Gasteiger partial charge in [0.25, 0.3) is 0 Å². The molecule has 0 radical (unpaired) electrons. The maximum Gasteiger partial charge on any atom is 0.226 e. The minimum Gasteiger partial charge on any atom is -0.354 e. The molecule has 144 valence electrons. The Morgan fingerprint density at radius 2 is 1.81 bits per heavy atom. The third kappa shape index (κ3) is 5.17. The highest BCUT2D eigenvalue weighted by atomic mass is 32.2. The third-order valence-electron chi connectivity index (χ3n) is 5.18. The Balaban J connectivity index is 1.42. The van der Waals surface area contributed by atoms with Gasteiger partial charge in [0, 0.05) is 49.5 Å². The Morgan fingerprint density at radius 3 is 2.46 bits per heavy atom. The normalized spacial score (nSPS) is 20.0. The molecule has 26 heavy (non-hydrogen) atoms. The molecular formula is C17H27N5O2S2. The second-order valence-corrected chi connectivity index (χ2v) is 9.39. The molecule has 2 amide bonds. The summed E-state index contributed by atoms with van der Waals surface area (Å²) in [7, 11) is 0. The van der Waals surface area contributed by atoms with E-state index in [-0.39, 0.29) is 30.2 Å². The van der Waals surface area contributed by atoms with Crippen LogP contribution in [-0.4, -0.2) is 63.6 Å². The lowest BCUT2D eigenvalue weighted by molar-refractivity contribution is -0.124. The van der Waals surface area contributed by atoms with E-state index < -0.39 is 0 Å². The molecule has 2 fully saturated rings. The first-order valence-electron chi connectivity index (χ1n) is 9.27. The van der Waals surface area contributed by atoms with Crippen LogP contribution in [0.1, 0.15) is 43.5 Å². The van der Waals surface area contributed by atoms with Gasteiger partial charge in [-0.3, -0.25) is 14.5 Å². The van der Waals surface area contributed by atoms with Gasteiger partial charge in [0.05, 0.1) is 0 Å². The van der Waals surface area contributed by atoms with Crippen LogP contribution < -0.4 is 10.6 Å². The van der Waals surface area contributed by atoms with Crippen LogP contribution in [0.15, 0.2) is 0 Å². The Bertz CT molecular complexity index is 624. The van der Waals surface area contributed by atoms with Crippen molar-refractivity contribution < 1.29 is 9.59 Å². The summed E-state index contributed by atoms with van der Waals surface area (Å²) in [5, 5.41) is 14.8. The number of aryl methyl sites for hydroxylation is 1. The van der Waals surface area contributed by atoms with E-state index in [1.54, 1.807) is 0 Å². The number of nitrogens with zero attached hydrogens (tertiary/aromatic N) is 3. The zero-order chi connectivity index (χ0) is 18.4. The van der Waals surface area contributed by atoms with Crippen molar-refractivity contribution in [2.75, 3.05) is 36.5 Å². The van der Waals surface area contributed by atoms with Gasteiger partial charge in [-0.25, -0.2) is 0 Å². The van der Waals surface area contributed by atoms with Gasteiger partial charge in [-0.2, -0.15) is 11.8 Å². The molecule has 0 bridgehead atoms. The van der Waals surface area contributed by atoms with Crippen LogP contribution in [0.2, 0.25) is 0 Å². The second kappa shape index (κ2) is 9.14. The highest BCUT2D eigenvalue weighted by molar-refractivity contribution is 7.99. The summed E-state index contributed by atoms with van der Waals surface area (Å²) in [6.07, 6.45) is 5.17. The van der Waals surface area contributed by atoms with Crippen LogP contribution >= 0.6 is 23.1 Å². The Morgan fingerprint density at radius 1 is 1.12 bits per heavy atom. The second-order valence-electron chi connectivity index (χ2n) is 6.98. The lowest BCUT2D eigenvalue weighted by Crippen LogP contribution is -2.56. The van der Waals surface area contributed by atoms with Crippen LogP contribution in [0.5, 0.6) is 0 Å². The SMILES string of the molecule is Cc1nnc(NC(=O)CCC(=O)NCC2(N3CCSCC3)CCCC2)s1. The maximum atomic E-state index is 12.2. The van der Waals surface area contributed by atoms with Crippen LogP contribution in [0.25, 0.3) is 0 Å². The number of hydrogen-bond donors (Lipinski definition) is 2. The zero-order valence-electron chi connectivity index (χ0n) is 15.3. The van der Waals surface area contributed by atoms with Gasteiger partial charge in [0.15, 0.2) is 0 Å². The lowest BCUT2D eigenvalue weighted by atomic mass is 9.94. The van der Waals surface area contributed by atoms with E-state index in [2.05, 4.69) is 25.7 Å². The molecule has 2 aliphatic rings. The summed E-state index contributed by atoms with van der Waals surface area (Å²) in [4.78, 5) is 26.8. The quantitative estimate of drug-likeness (QED) is 0.732. The monoisotopic (exact) mass is 397 g/mol. The molecule has 1 saturated carbocycles. The predicted octanol–water partition coefficient (Wildman–Crippen LogP) is 2.04. The van der Waals surface area contributed by atoms with Crippen LogP contribution in [-0.2, 0) is 9.59 Å². The summed E-state index contributed by atoms with van der Waals surface area (Å²) in [5.74, 6) is 2.12. The molecule has 2 heterocycles. The standard InChI is InChI=1S/C17H27N5O2S2/c1-13-20-21-16(26-13)19-15(24)5-4-14(23)18-12-17(6-2-3-7-17)22-8-10-25-11-9-22/h2-12H2,1H3,(H,18,23)(H,19,21,24). The van der Waals surface area contributed by atoms with Crippen molar-refractivity contribution in [3.05, 3.63) is 5.01 Å². The number of carbonyl (C=O) groups excluding carboxylic acids is 2. The number of carbonyl (C=O) groups is 2. The van der Waals surface area contributed by atoms with Gasteiger partial charge in [-0.15, -0.1) is 10.2 Å². The number of aromatic nitrogens is 2. The van der Waals surface area contributed by atoms with Gasteiger partial charge in [0.1, 0.15) is 5.01 Å². The van der Waals surface area contributed by atoms with Crippen molar-refractivity contribution in [2.45, 2.75) is 51.0 Å². The molecule has 1 aliphatic carbocycles. The van der Waals surface area contributed by atoms with E-state index in [1.807, 2.05) is 18.7 Å². The number of amides is 2. The number of thioether (sulfide) groups is 1. The summed E-state index contributed by atoms with van der Waals surface area (Å²) in [6, 6.07) is 0. The fraction of sp³-hybridized carbons (Fsp3) is 0.765. The summed E-state index contributed by atoms with van der Waals surface area (Å²) in [6.45, 7) is 4.77. The molecule has 1 saturated heterocycles. The van der Waals surface area contributed by atoms with Crippen molar-refractivity contribution in [1.29, 1.82) is 0 Å². The molecule has 1 aromatic rings. The smallest absolute Gasteiger partial charge is 0.226 e. The molecule has 3 rings (SSSR count). The minimum atomic E-state index is -0.195. The van der Waals surface area contributed by atoms with Crippen molar-refractivity contribution in [3.8, 4) is 0 Å². The molecule has 0 atom stereocenters. The summed E-state index contributed by atoms with van der Waals surface area (Å²) >= 11 is 3.34. The Hall–Kier alpha value is -1.19. The highest BCUT2D eigenvalue weighted by Crippen LogP contribution is 2.36. The average Bonchev–Trinajstić information content (AvgIpc) is 3.29. The van der Waals surface area contributed by atoms with Crippen molar-refractivity contribution in [2.24, 2.45) is 0 Å². The number of nitrogens with one attached hydrogen (secondary N) is 2. The van der Waals surface area contributed by atoms with Crippen LogP contribution in [0, 0.1) is 6.92 Å². The number of anilines is 1. The largest absolute Gasteiger partial charge is 0.354 e. The Labute approximate surface area is 162 Å². The first-order valence-corrected chi connectivity index (χ1v) is 11.2. The minimum absolute atomic E-state index is 0.0498. The van der Waals surface area contributed by atoms with E-state index >= 15 is 0 Å². The topological polar surface area (TPSA) is 87.2 Å². The molecule has 2 N–H and O–H groups in total. The first-order chi connectivity index (χ1) is 12.6. The first kappa shape index (κ1) is 19.6. The number of rotatable bonds is 7. The lowest BCUT2D eigenvalue weighted by Gasteiger charge is -2.43. The third-order valence-corrected chi connectivity index (χ3v) is 6.88. The van der Waals surface area contributed by atoms with Crippen molar-refractivity contribution in [1.82, 2.24) is 20.4 Å². The van der Waals surface area contributed by atoms with E-state index in [4.69, 9.17) is 0 Å². The molecule has 1 aromatic heterocycles. The highest BCUT2D eigenvalue weighted by Gasteiger charge is 2.40. The molecule has 0 unspecified atom stereocenters. The van der Waals surface area contributed by atoms with E-state index in [9.17, 15) is 9.59 Å². The van der Waals surface area contributed by atoms with E-state index in [0.717, 1.165) is 30.9 Å². The number of hydrogen-bond acceptors (Lipinski definition) is 7. The van der Waals surface area contributed by atoms with Crippen molar-refractivity contribution in [3.63, 3.8) is 0 Å².